The van der Waals surface area contributed by atoms with E-state index in [9.17, 15) is 13.2 Å². The highest BCUT2D eigenvalue weighted by atomic mass is 32.2. The lowest BCUT2D eigenvalue weighted by molar-refractivity contribution is 0.0962. The normalized spacial score (nSPS) is 10.9. The summed E-state index contributed by atoms with van der Waals surface area (Å²) in [5.74, 6) is -0.113. The smallest absolute Gasteiger partial charge is 0.269 e. The molecular weight excluding hydrogens is 378 g/mol. The molecule has 0 fully saturated rings. The number of hydrogen-bond acceptors (Lipinski definition) is 6. The van der Waals surface area contributed by atoms with Gasteiger partial charge in [0.05, 0.1) is 4.90 Å². The Labute approximate surface area is 163 Å². The van der Waals surface area contributed by atoms with Crippen molar-refractivity contribution in [1.82, 2.24) is 15.4 Å². The molecule has 28 heavy (non-hydrogen) atoms. The monoisotopic (exact) mass is 397 g/mol. The first-order chi connectivity index (χ1) is 13.3. The molecule has 3 N–H and O–H groups in total. The molecule has 0 saturated heterocycles. The SMILES string of the molecule is Cc1cc(C)nc(NNC(=O)c2ccc(NS(=O)(=O)c3ccccc3)cc2)n1. The number of amides is 1. The van der Waals surface area contributed by atoms with Gasteiger partial charge in [0.25, 0.3) is 15.9 Å². The van der Waals surface area contributed by atoms with E-state index in [1.807, 2.05) is 19.9 Å². The second-order valence-corrected chi connectivity index (χ2v) is 7.73. The third-order valence-corrected chi connectivity index (χ3v) is 5.12. The van der Waals surface area contributed by atoms with Gasteiger partial charge in [-0.15, -0.1) is 0 Å². The topological polar surface area (TPSA) is 113 Å². The van der Waals surface area contributed by atoms with Gasteiger partial charge in [-0.25, -0.2) is 18.4 Å². The highest BCUT2D eigenvalue weighted by Gasteiger charge is 2.14. The van der Waals surface area contributed by atoms with Crippen LogP contribution >= 0.6 is 0 Å². The summed E-state index contributed by atoms with van der Waals surface area (Å²) in [6.07, 6.45) is 0. The van der Waals surface area contributed by atoms with Gasteiger partial charge in [0.1, 0.15) is 0 Å². The summed E-state index contributed by atoms with van der Waals surface area (Å²) in [5, 5.41) is 0. The fourth-order valence-electron chi connectivity index (χ4n) is 2.47. The molecule has 1 amide bonds. The van der Waals surface area contributed by atoms with E-state index in [-0.39, 0.29) is 10.8 Å². The van der Waals surface area contributed by atoms with Gasteiger partial charge in [0, 0.05) is 22.6 Å². The van der Waals surface area contributed by atoms with Crippen LogP contribution in [-0.2, 0) is 10.0 Å². The van der Waals surface area contributed by atoms with Crippen LogP contribution in [0.3, 0.4) is 0 Å². The van der Waals surface area contributed by atoms with Crippen LogP contribution in [0.5, 0.6) is 0 Å². The third kappa shape index (κ3) is 4.83. The number of aromatic nitrogens is 2. The Morgan fingerprint density at radius 1 is 0.893 bits per heavy atom. The Morgan fingerprint density at radius 3 is 2.11 bits per heavy atom. The number of rotatable bonds is 6. The van der Waals surface area contributed by atoms with Crippen LogP contribution in [0.1, 0.15) is 21.7 Å². The molecule has 8 nitrogen and oxygen atoms in total. The van der Waals surface area contributed by atoms with Gasteiger partial charge in [-0.1, -0.05) is 18.2 Å². The maximum Gasteiger partial charge on any atom is 0.269 e. The maximum atomic E-state index is 12.3. The Balaban J connectivity index is 1.64. The molecule has 0 aliphatic rings. The van der Waals surface area contributed by atoms with Crippen LogP contribution in [-0.4, -0.2) is 24.3 Å². The number of nitrogens with zero attached hydrogens (tertiary/aromatic N) is 2. The zero-order valence-electron chi connectivity index (χ0n) is 15.3. The fraction of sp³-hybridized carbons (Fsp3) is 0.105. The van der Waals surface area contributed by atoms with Crippen molar-refractivity contribution in [1.29, 1.82) is 0 Å². The van der Waals surface area contributed by atoms with E-state index in [1.165, 1.54) is 36.4 Å². The molecule has 1 heterocycles. The van der Waals surface area contributed by atoms with E-state index in [0.717, 1.165) is 11.4 Å². The molecule has 0 bridgehead atoms. The van der Waals surface area contributed by atoms with E-state index in [4.69, 9.17) is 0 Å². The molecule has 3 rings (SSSR count). The molecule has 1 aromatic heterocycles. The summed E-state index contributed by atoms with van der Waals surface area (Å²) >= 11 is 0. The number of sulfonamides is 1. The van der Waals surface area contributed by atoms with Crippen molar-refractivity contribution in [2.24, 2.45) is 0 Å². The highest BCUT2D eigenvalue weighted by Crippen LogP contribution is 2.16. The zero-order valence-corrected chi connectivity index (χ0v) is 16.1. The van der Waals surface area contributed by atoms with Gasteiger partial charge in [-0.2, -0.15) is 0 Å². The second-order valence-electron chi connectivity index (χ2n) is 6.05. The van der Waals surface area contributed by atoms with Crippen molar-refractivity contribution >= 4 is 27.6 Å². The van der Waals surface area contributed by atoms with Crippen LogP contribution in [0.15, 0.2) is 65.6 Å². The van der Waals surface area contributed by atoms with Crippen molar-refractivity contribution in [2.75, 3.05) is 10.1 Å². The number of hydrogen-bond donors (Lipinski definition) is 3. The standard InChI is InChI=1S/C19H19N5O3S/c1-13-12-14(2)21-19(20-13)23-22-18(25)15-8-10-16(11-9-15)24-28(26,27)17-6-4-3-5-7-17/h3-12,24H,1-2H3,(H,22,25)(H,20,21,23). The zero-order chi connectivity index (χ0) is 20.1. The van der Waals surface area contributed by atoms with Gasteiger partial charge >= 0.3 is 0 Å². The average molecular weight is 397 g/mol. The fourth-order valence-corrected chi connectivity index (χ4v) is 3.55. The third-order valence-electron chi connectivity index (χ3n) is 3.72. The first-order valence-electron chi connectivity index (χ1n) is 8.40. The molecule has 3 aromatic rings. The lowest BCUT2D eigenvalue weighted by Gasteiger charge is -2.10. The predicted molar refractivity (Wildman–Crippen MR) is 106 cm³/mol. The second kappa shape index (κ2) is 8.05. The van der Waals surface area contributed by atoms with Crippen molar-refractivity contribution in [2.45, 2.75) is 18.7 Å². The minimum Gasteiger partial charge on any atom is -0.280 e. The summed E-state index contributed by atoms with van der Waals surface area (Å²) in [4.78, 5) is 20.7. The molecule has 0 aliphatic carbocycles. The number of carbonyl (C=O) groups is 1. The Morgan fingerprint density at radius 2 is 1.50 bits per heavy atom. The number of carbonyl (C=O) groups excluding carboxylic acids is 1. The molecule has 0 unspecified atom stereocenters. The largest absolute Gasteiger partial charge is 0.280 e. The van der Waals surface area contributed by atoms with Gasteiger partial charge < -0.3 is 0 Å². The van der Waals surface area contributed by atoms with Gasteiger partial charge in [0.15, 0.2) is 0 Å². The first kappa shape index (κ1) is 19.3. The van der Waals surface area contributed by atoms with E-state index in [1.54, 1.807) is 18.2 Å². The number of aryl methyl sites for hydroxylation is 2. The molecule has 144 valence electrons. The minimum absolute atomic E-state index is 0.162. The lowest BCUT2D eigenvalue weighted by atomic mass is 10.2. The lowest BCUT2D eigenvalue weighted by Crippen LogP contribution is -2.30. The van der Waals surface area contributed by atoms with Gasteiger partial charge in [0.2, 0.25) is 5.95 Å². The van der Waals surface area contributed by atoms with Crippen molar-refractivity contribution in [3.8, 4) is 0 Å². The summed E-state index contributed by atoms with van der Waals surface area (Å²) < 4.78 is 27.1. The quantitative estimate of drug-likeness (QED) is 0.551. The molecule has 0 atom stereocenters. The van der Waals surface area contributed by atoms with Crippen molar-refractivity contribution < 1.29 is 13.2 Å². The molecule has 9 heteroatoms. The number of benzene rings is 2. The first-order valence-corrected chi connectivity index (χ1v) is 9.88. The summed E-state index contributed by atoms with van der Waals surface area (Å²) in [7, 11) is -3.68. The van der Waals surface area contributed by atoms with Crippen molar-refractivity contribution in [3.05, 3.63) is 77.6 Å². The maximum absolute atomic E-state index is 12.3. The van der Waals surface area contributed by atoms with Crippen LogP contribution in [0.25, 0.3) is 0 Å². The Kier molecular flexibility index (Phi) is 5.55. The number of anilines is 2. The van der Waals surface area contributed by atoms with Crippen LogP contribution in [0, 0.1) is 13.8 Å². The molecule has 0 aliphatic heterocycles. The van der Waals surface area contributed by atoms with Crippen LogP contribution in [0.4, 0.5) is 11.6 Å². The van der Waals surface area contributed by atoms with Crippen LogP contribution < -0.4 is 15.6 Å². The molecular formula is C19H19N5O3S. The number of hydrazine groups is 1. The summed E-state index contributed by atoms with van der Waals surface area (Å²) in [5.41, 5.74) is 7.43. The molecule has 2 aromatic carbocycles. The summed E-state index contributed by atoms with van der Waals surface area (Å²) in [6.45, 7) is 3.66. The summed E-state index contributed by atoms with van der Waals surface area (Å²) in [6, 6.07) is 15.9. The minimum atomic E-state index is -3.68. The molecule has 0 radical (unpaired) electrons. The predicted octanol–water partition coefficient (Wildman–Crippen LogP) is 2.65. The van der Waals surface area contributed by atoms with E-state index < -0.39 is 15.9 Å². The van der Waals surface area contributed by atoms with E-state index in [0.29, 0.717) is 11.3 Å². The van der Waals surface area contributed by atoms with Crippen LogP contribution in [0.2, 0.25) is 0 Å². The van der Waals surface area contributed by atoms with Crippen molar-refractivity contribution in [3.63, 3.8) is 0 Å². The Hall–Kier alpha value is -3.46. The van der Waals surface area contributed by atoms with E-state index in [2.05, 4.69) is 25.5 Å². The average Bonchev–Trinajstić information content (AvgIpc) is 2.66. The van der Waals surface area contributed by atoms with E-state index >= 15 is 0 Å². The molecule has 0 saturated carbocycles. The number of nitrogens with one attached hydrogen (secondary N) is 3. The highest BCUT2D eigenvalue weighted by molar-refractivity contribution is 7.92. The molecule has 0 spiro atoms. The van der Waals surface area contributed by atoms with Gasteiger partial charge in [-0.3, -0.25) is 20.4 Å². The Bertz CT molecular complexity index is 1060. The van der Waals surface area contributed by atoms with Gasteiger partial charge in [-0.05, 0) is 56.3 Å².